The highest BCUT2D eigenvalue weighted by Gasteiger charge is 2.23. The number of benzene rings is 2. The Bertz CT molecular complexity index is 1230. The van der Waals surface area contributed by atoms with Gasteiger partial charge in [0.15, 0.2) is 0 Å². The van der Waals surface area contributed by atoms with Crippen LogP contribution in [0.5, 0.6) is 5.75 Å². The summed E-state index contributed by atoms with van der Waals surface area (Å²) in [4.78, 5) is 27.8. The predicted molar refractivity (Wildman–Crippen MR) is 149 cm³/mol. The number of ether oxygens (including phenoxy) is 1. The number of hydrogen-bond acceptors (Lipinski definition) is 4. The minimum atomic E-state index is -0.300. The number of urea groups is 1. The Morgan fingerprint density at radius 3 is 2.30 bits per heavy atom. The summed E-state index contributed by atoms with van der Waals surface area (Å²) >= 11 is 0. The zero-order valence-electron chi connectivity index (χ0n) is 23.0. The summed E-state index contributed by atoms with van der Waals surface area (Å²) in [7, 11) is 1.62. The molecule has 1 heterocycles. The molecule has 0 atom stereocenters. The molecule has 0 unspecified atom stereocenters. The molecule has 0 saturated carbocycles. The van der Waals surface area contributed by atoms with E-state index in [1.807, 2.05) is 62.4 Å². The van der Waals surface area contributed by atoms with Crippen LogP contribution in [0.2, 0.25) is 0 Å². The number of carbonyl (C=O) groups excluding carboxylic acids is 2. The Hall–Kier alpha value is -3.81. The number of aryl methyl sites for hydroxylation is 2. The molecule has 198 valence electrons. The van der Waals surface area contributed by atoms with E-state index >= 15 is 0 Å². The summed E-state index contributed by atoms with van der Waals surface area (Å²) in [6.45, 7) is 12.7. The van der Waals surface area contributed by atoms with E-state index in [1.165, 1.54) is 0 Å². The van der Waals surface area contributed by atoms with Crippen LogP contribution in [0.3, 0.4) is 0 Å². The van der Waals surface area contributed by atoms with Crippen molar-refractivity contribution in [2.75, 3.05) is 30.8 Å². The van der Waals surface area contributed by atoms with Crippen LogP contribution in [0.15, 0.2) is 48.5 Å². The highest BCUT2D eigenvalue weighted by Crippen LogP contribution is 2.27. The molecule has 0 radical (unpaired) electrons. The van der Waals surface area contributed by atoms with Crippen molar-refractivity contribution >= 4 is 23.4 Å². The van der Waals surface area contributed by atoms with Gasteiger partial charge < -0.3 is 20.3 Å². The number of methoxy groups -OCH3 is 1. The summed E-state index contributed by atoms with van der Waals surface area (Å²) in [5.41, 5.74) is 4.38. The number of rotatable bonds is 9. The number of nitrogens with zero attached hydrogens (tertiary/aromatic N) is 3. The largest absolute Gasteiger partial charge is 0.497 e. The highest BCUT2D eigenvalue weighted by atomic mass is 16.5. The molecule has 8 nitrogen and oxygen atoms in total. The van der Waals surface area contributed by atoms with E-state index in [4.69, 9.17) is 9.84 Å². The average molecular weight is 506 g/mol. The lowest BCUT2D eigenvalue weighted by Crippen LogP contribution is -2.41. The number of aromatic nitrogens is 2. The van der Waals surface area contributed by atoms with Crippen LogP contribution < -0.4 is 15.4 Å². The lowest BCUT2D eigenvalue weighted by atomic mass is 9.92. The molecule has 2 aromatic carbocycles. The normalized spacial score (nSPS) is 11.2. The maximum absolute atomic E-state index is 13.2. The lowest BCUT2D eigenvalue weighted by molar-refractivity contribution is -0.116. The molecule has 0 bridgehead atoms. The van der Waals surface area contributed by atoms with E-state index in [1.54, 1.807) is 16.7 Å². The van der Waals surface area contributed by atoms with Crippen LogP contribution in [0.4, 0.5) is 16.3 Å². The van der Waals surface area contributed by atoms with Gasteiger partial charge in [-0.05, 0) is 67.8 Å². The van der Waals surface area contributed by atoms with Gasteiger partial charge in [0.1, 0.15) is 18.1 Å². The number of nitrogens with one attached hydrogen (secondary N) is 2. The molecule has 0 saturated heterocycles. The fourth-order valence-corrected chi connectivity index (χ4v) is 3.74. The Morgan fingerprint density at radius 2 is 1.70 bits per heavy atom. The van der Waals surface area contributed by atoms with Gasteiger partial charge in [-0.2, -0.15) is 5.10 Å². The minimum absolute atomic E-state index is 0.0741. The second-order valence-corrected chi connectivity index (χ2v) is 10.3. The maximum atomic E-state index is 13.2. The molecule has 0 aliphatic carbocycles. The summed E-state index contributed by atoms with van der Waals surface area (Å²) in [5, 5.41) is 10.7. The highest BCUT2D eigenvalue weighted by molar-refractivity contribution is 5.96. The first kappa shape index (κ1) is 27.8. The first-order valence-electron chi connectivity index (χ1n) is 12.7. The van der Waals surface area contributed by atoms with Gasteiger partial charge in [-0.25, -0.2) is 9.48 Å². The van der Waals surface area contributed by atoms with Crippen molar-refractivity contribution in [1.82, 2.24) is 14.7 Å². The van der Waals surface area contributed by atoms with E-state index in [2.05, 4.69) is 38.3 Å². The topological polar surface area (TPSA) is 88.5 Å². The standard InChI is InChI=1S/C29H39N5O3/c1-8-9-16-33(28(36)30-22-11-10-20(2)21(3)17-22)19-27(35)31-26-18-25(29(4,5)6)32-34(26)23-12-14-24(37-7)15-13-23/h10-15,17-18H,8-9,16,19H2,1-7H3,(H,30,36)(H,31,35). The van der Waals surface area contributed by atoms with Crippen molar-refractivity contribution in [2.24, 2.45) is 0 Å². The second-order valence-electron chi connectivity index (χ2n) is 10.3. The fraction of sp³-hybridized carbons (Fsp3) is 0.414. The van der Waals surface area contributed by atoms with E-state index in [9.17, 15) is 9.59 Å². The van der Waals surface area contributed by atoms with Gasteiger partial charge in [0.2, 0.25) is 5.91 Å². The third-order valence-corrected chi connectivity index (χ3v) is 6.22. The smallest absolute Gasteiger partial charge is 0.322 e. The van der Waals surface area contributed by atoms with Crippen LogP contribution >= 0.6 is 0 Å². The molecular weight excluding hydrogens is 466 g/mol. The van der Waals surface area contributed by atoms with Crippen molar-refractivity contribution < 1.29 is 14.3 Å². The van der Waals surface area contributed by atoms with Gasteiger partial charge >= 0.3 is 6.03 Å². The summed E-state index contributed by atoms with van der Waals surface area (Å²) < 4.78 is 6.98. The Balaban J connectivity index is 1.80. The predicted octanol–water partition coefficient (Wildman–Crippen LogP) is 6.07. The van der Waals surface area contributed by atoms with E-state index in [-0.39, 0.29) is 23.9 Å². The molecule has 2 N–H and O–H groups in total. The first-order valence-corrected chi connectivity index (χ1v) is 12.7. The molecule has 3 aromatic rings. The van der Waals surface area contributed by atoms with Gasteiger partial charge in [-0.1, -0.05) is 40.2 Å². The summed E-state index contributed by atoms with van der Waals surface area (Å²) in [6.07, 6.45) is 1.71. The Kier molecular flexibility index (Phi) is 8.97. The first-order chi connectivity index (χ1) is 17.5. The maximum Gasteiger partial charge on any atom is 0.322 e. The molecule has 8 heteroatoms. The molecule has 0 spiro atoms. The fourth-order valence-electron chi connectivity index (χ4n) is 3.74. The molecule has 37 heavy (non-hydrogen) atoms. The average Bonchev–Trinajstić information content (AvgIpc) is 3.28. The number of unbranched alkanes of at least 4 members (excludes halogenated alkanes) is 1. The van der Waals surface area contributed by atoms with Crippen molar-refractivity contribution in [2.45, 2.75) is 59.8 Å². The molecular formula is C29H39N5O3. The van der Waals surface area contributed by atoms with Crippen LogP contribution in [-0.4, -0.2) is 46.8 Å². The van der Waals surface area contributed by atoms with Crippen LogP contribution in [-0.2, 0) is 10.2 Å². The van der Waals surface area contributed by atoms with E-state index < -0.39 is 0 Å². The van der Waals surface area contributed by atoms with Gasteiger partial charge in [0.25, 0.3) is 0 Å². The molecule has 1 aromatic heterocycles. The second kappa shape index (κ2) is 12.0. The van der Waals surface area contributed by atoms with Crippen LogP contribution in [0, 0.1) is 13.8 Å². The molecule has 0 aliphatic heterocycles. The van der Waals surface area contributed by atoms with E-state index in [0.29, 0.717) is 18.1 Å². The van der Waals surface area contributed by atoms with Gasteiger partial charge in [-0.3, -0.25) is 4.79 Å². The van der Waals surface area contributed by atoms with Crippen molar-refractivity contribution in [3.05, 3.63) is 65.4 Å². The van der Waals surface area contributed by atoms with Crippen molar-refractivity contribution in [3.63, 3.8) is 0 Å². The monoisotopic (exact) mass is 505 g/mol. The lowest BCUT2D eigenvalue weighted by Gasteiger charge is -2.23. The molecule has 3 amide bonds. The van der Waals surface area contributed by atoms with Crippen LogP contribution in [0.1, 0.15) is 57.4 Å². The summed E-state index contributed by atoms with van der Waals surface area (Å²) in [6, 6.07) is 14.8. The van der Waals surface area contributed by atoms with Gasteiger partial charge in [-0.15, -0.1) is 0 Å². The minimum Gasteiger partial charge on any atom is -0.497 e. The summed E-state index contributed by atoms with van der Waals surface area (Å²) in [5.74, 6) is 0.991. The van der Waals surface area contributed by atoms with Gasteiger partial charge in [0, 0.05) is 23.7 Å². The Labute approximate surface area is 220 Å². The molecule has 0 aliphatic rings. The number of anilines is 2. The third kappa shape index (κ3) is 7.35. The molecule has 3 rings (SSSR count). The number of carbonyl (C=O) groups is 2. The van der Waals surface area contributed by atoms with Crippen molar-refractivity contribution in [3.8, 4) is 11.4 Å². The molecule has 0 fully saturated rings. The number of hydrogen-bond donors (Lipinski definition) is 2. The number of amides is 3. The van der Waals surface area contributed by atoms with E-state index in [0.717, 1.165) is 41.1 Å². The van der Waals surface area contributed by atoms with Gasteiger partial charge in [0.05, 0.1) is 18.5 Å². The van der Waals surface area contributed by atoms with Crippen LogP contribution in [0.25, 0.3) is 5.69 Å². The Morgan fingerprint density at radius 1 is 1.00 bits per heavy atom. The zero-order valence-corrected chi connectivity index (χ0v) is 23.0. The quantitative estimate of drug-likeness (QED) is 0.370. The third-order valence-electron chi connectivity index (χ3n) is 6.22. The van der Waals surface area contributed by atoms with Crippen molar-refractivity contribution in [1.29, 1.82) is 0 Å². The zero-order chi connectivity index (χ0) is 27.2. The SMILES string of the molecule is CCCCN(CC(=O)Nc1cc(C(C)(C)C)nn1-c1ccc(OC)cc1)C(=O)Nc1ccc(C)c(C)c1.